The highest BCUT2D eigenvalue weighted by atomic mass is 16.2. The van der Waals surface area contributed by atoms with Gasteiger partial charge >= 0.3 is 0 Å². The van der Waals surface area contributed by atoms with E-state index in [1.807, 2.05) is 23.1 Å². The maximum Gasteiger partial charge on any atom is 0.224 e. The van der Waals surface area contributed by atoms with Crippen molar-refractivity contribution in [2.75, 3.05) is 4.90 Å². The molecule has 0 radical (unpaired) electrons. The zero-order chi connectivity index (χ0) is 11.7. The summed E-state index contributed by atoms with van der Waals surface area (Å²) in [5, 5.41) is 0. The van der Waals surface area contributed by atoms with Crippen molar-refractivity contribution >= 4 is 11.6 Å². The predicted molar refractivity (Wildman–Crippen MR) is 66.5 cm³/mol. The molecule has 16 heavy (non-hydrogen) atoms. The quantitative estimate of drug-likeness (QED) is 0.609. The number of para-hydroxylation sites is 1. The molecule has 1 amide bonds. The Bertz CT molecular complexity index is 448. The Morgan fingerprint density at radius 3 is 2.75 bits per heavy atom. The third-order valence-electron chi connectivity index (χ3n) is 3.28. The van der Waals surface area contributed by atoms with Crippen molar-refractivity contribution in [1.82, 2.24) is 0 Å². The highest BCUT2D eigenvalue weighted by molar-refractivity contribution is 5.93. The number of rotatable bonds is 0. The van der Waals surface area contributed by atoms with Gasteiger partial charge in [0, 0.05) is 12.6 Å². The van der Waals surface area contributed by atoms with Crippen molar-refractivity contribution in [3.63, 3.8) is 0 Å². The second-order valence-corrected chi connectivity index (χ2v) is 4.35. The normalized spacial score (nSPS) is 19.8. The van der Waals surface area contributed by atoms with E-state index in [0.29, 0.717) is 0 Å². The van der Waals surface area contributed by atoms with Crippen LogP contribution in [-0.2, 0) is 11.2 Å². The molecule has 0 spiro atoms. The number of hydrogen-bond donors (Lipinski definition) is 0. The van der Waals surface area contributed by atoms with Gasteiger partial charge in [0.05, 0.1) is 6.04 Å². The first-order valence-electron chi connectivity index (χ1n) is 5.65. The van der Waals surface area contributed by atoms with Crippen LogP contribution >= 0.6 is 0 Å². The van der Waals surface area contributed by atoms with Gasteiger partial charge in [0.15, 0.2) is 0 Å². The summed E-state index contributed by atoms with van der Waals surface area (Å²) in [6.45, 7) is 5.80. The molecule has 0 saturated carbocycles. The van der Waals surface area contributed by atoms with Gasteiger partial charge in [-0.25, -0.2) is 0 Å². The average molecular weight is 215 g/mol. The fourth-order valence-electron chi connectivity index (χ4n) is 2.21. The molecule has 1 aromatic carbocycles. The van der Waals surface area contributed by atoms with Gasteiger partial charge in [0.1, 0.15) is 0 Å². The standard InChI is InChI=1S/C14H17NO/c1-10-8-9-13-6-4-5-7-14(13)15(11(10)2)12(3)16/h4-8,11H,9H2,1-3H3. The molecular weight excluding hydrogens is 198 g/mol. The lowest BCUT2D eigenvalue weighted by atomic mass is 10.1. The molecule has 0 aliphatic carbocycles. The van der Waals surface area contributed by atoms with E-state index >= 15 is 0 Å². The summed E-state index contributed by atoms with van der Waals surface area (Å²) in [5.74, 6) is 0.106. The van der Waals surface area contributed by atoms with Crippen molar-refractivity contribution in [3.05, 3.63) is 41.5 Å². The van der Waals surface area contributed by atoms with Crippen LogP contribution in [0.5, 0.6) is 0 Å². The Labute approximate surface area is 96.6 Å². The number of hydrogen-bond acceptors (Lipinski definition) is 1. The summed E-state index contributed by atoms with van der Waals surface area (Å²) < 4.78 is 0. The van der Waals surface area contributed by atoms with E-state index in [2.05, 4.69) is 26.0 Å². The van der Waals surface area contributed by atoms with Crippen LogP contribution in [0, 0.1) is 0 Å². The second kappa shape index (κ2) is 4.12. The summed E-state index contributed by atoms with van der Waals surface area (Å²) >= 11 is 0. The Balaban J connectivity index is 2.56. The second-order valence-electron chi connectivity index (χ2n) is 4.35. The number of amides is 1. The molecule has 1 atom stereocenters. The van der Waals surface area contributed by atoms with Gasteiger partial charge in [0.25, 0.3) is 0 Å². The molecule has 2 rings (SSSR count). The summed E-state index contributed by atoms with van der Waals surface area (Å²) in [5.41, 5.74) is 3.53. The maximum atomic E-state index is 11.8. The first-order valence-corrected chi connectivity index (χ1v) is 5.65. The van der Waals surface area contributed by atoms with Crippen LogP contribution in [0.2, 0.25) is 0 Å². The van der Waals surface area contributed by atoms with E-state index in [4.69, 9.17) is 0 Å². The minimum atomic E-state index is 0.106. The number of nitrogens with zero attached hydrogens (tertiary/aromatic N) is 1. The van der Waals surface area contributed by atoms with Crippen LogP contribution in [-0.4, -0.2) is 11.9 Å². The van der Waals surface area contributed by atoms with E-state index in [9.17, 15) is 4.79 Å². The van der Waals surface area contributed by atoms with E-state index in [-0.39, 0.29) is 11.9 Å². The fourth-order valence-corrected chi connectivity index (χ4v) is 2.21. The fraction of sp³-hybridized carbons (Fsp3) is 0.357. The average Bonchev–Trinajstić information content (AvgIpc) is 2.38. The van der Waals surface area contributed by atoms with E-state index < -0.39 is 0 Å². The molecule has 0 aromatic heterocycles. The van der Waals surface area contributed by atoms with Crippen molar-refractivity contribution in [1.29, 1.82) is 0 Å². The van der Waals surface area contributed by atoms with Crippen LogP contribution < -0.4 is 4.90 Å². The van der Waals surface area contributed by atoms with Gasteiger partial charge in [0.2, 0.25) is 5.91 Å². The summed E-state index contributed by atoms with van der Waals surface area (Å²) in [4.78, 5) is 13.7. The Morgan fingerprint density at radius 1 is 1.38 bits per heavy atom. The molecule has 1 heterocycles. The number of carbonyl (C=O) groups is 1. The molecule has 0 N–H and O–H groups in total. The lowest BCUT2D eigenvalue weighted by Crippen LogP contribution is -2.37. The molecule has 84 valence electrons. The largest absolute Gasteiger partial charge is 0.306 e. The molecule has 1 unspecified atom stereocenters. The van der Waals surface area contributed by atoms with Crippen LogP contribution in [0.15, 0.2) is 35.9 Å². The molecule has 1 aromatic rings. The van der Waals surface area contributed by atoms with Crippen molar-refractivity contribution in [2.24, 2.45) is 0 Å². The minimum Gasteiger partial charge on any atom is -0.306 e. The molecule has 1 aliphatic heterocycles. The van der Waals surface area contributed by atoms with Crippen LogP contribution in [0.4, 0.5) is 5.69 Å². The third-order valence-corrected chi connectivity index (χ3v) is 3.28. The highest BCUT2D eigenvalue weighted by Crippen LogP contribution is 2.29. The van der Waals surface area contributed by atoms with E-state index in [1.54, 1.807) is 6.92 Å². The Kier molecular flexibility index (Phi) is 2.82. The molecule has 1 aliphatic rings. The van der Waals surface area contributed by atoms with Gasteiger partial charge in [-0.15, -0.1) is 0 Å². The molecule has 0 bridgehead atoms. The van der Waals surface area contributed by atoms with E-state index in [0.717, 1.165) is 12.1 Å². The minimum absolute atomic E-state index is 0.106. The van der Waals surface area contributed by atoms with Gasteiger partial charge in [-0.3, -0.25) is 4.79 Å². The van der Waals surface area contributed by atoms with Gasteiger partial charge < -0.3 is 4.90 Å². The molecule has 0 fully saturated rings. The van der Waals surface area contributed by atoms with Crippen molar-refractivity contribution < 1.29 is 4.79 Å². The zero-order valence-corrected chi connectivity index (χ0v) is 10.0. The Hall–Kier alpha value is -1.57. The first-order chi connectivity index (χ1) is 7.61. The lowest BCUT2D eigenvalue weighted by Gasteiger charge is -2.28. The van der Waals surface area contributed by atoms with Gasteiger partial charge in [-0.1, -0.05) is 29.8 Å². The number of benzene rings is 1. The smallest absolute Gasteiger partial charge is 0.224 e. The number of fused-ring (bicyclic) bond motifs is 1. The summed E-state index contributed by atoms with van der Waals surface area (Å²) in [6.07, 6.45) is 3.13. The maximum absolute atomic E-state index is 11.8. The SMILES string of the molecule is CC(=O)N1c2ccccc2CC=C(C)C1C. The third kappa shape index (κ3) is 1.75. The highest BCUT2D eigenvalue weighted by Gasteiger charge is 2.24. The summed E-state index contributed by atoms with van der Waals surface area (Å²) in [7, 11) is 0. The zero-order valence-electron chi connectivity index (χ0n) is 10.0. The van der Waals surface area contributed by atoms with Crippen LogP contribution in [0.1, 0.15) is 26.3 Å². The first kappa shape index (κ1) is 10.9. The molecule has 0 saturated heterocycles. The number of allylic oxidation sites excluding steroid dienone is 1. The number of carbonyl (C=O) groups excluding carboxylic acids is 1. The molecular formula is C14H17NO. The van der Waals surface area contributed by atoms with Crippen LogP contribution in [0.3, 0.4) is 0 Å². The van der Waals surface area contributed by atoms with Crippen LogP contribution in [0.25, 0.3) is 0 Å². The van der Waals surface area contributed by atoms with Gasteiger partial charge in [-0.05, 0) is 31.9 Å². The van der Waals surface area contributed by atoms with E-state index in [1.165, 1.54) is 11.1 Å². The van der Waals surface area contributed by atoms with Gasteiger partial charge in [-0.2, -0.15) is 0 Å². The Morgan fingerprint density at radius 2 is 2.06 bits per heavy atom. The summed E-state index contributed by atoms with van der Waals surface area (Å²) in [6, 6.07) is 8.28. The monoisotopic (exact) mass is 215 g/mol. The lowest BCUT2D eigenvalue weighted by molar-refractivity contribution is -0.116. The molecule has 2 heteroatoms. The predicted octanol–water partition coefficient (Wildman–Crippen LogP) is 2.93. The topological polar surface area (TPSA) is 20.3 Å². The van der Waals surface area contributed by atoms with Crippen molar-refractivity contribution in [3.8, 4) is 0 Å². The number of anilines is 1. The molecule has 2 nitrogen and oxygen atoms in total. The van der Waals surface area contributed by atoms with Crippen molar-refractivity contribution in [2.45, 2.75) is 33.2 Å².